The van der Waals surface area contributed by atoms with Crippen molar-refractivity contribution in [2.75, 3.05) is 6.61 Å². The Balaban J connectivity index is 1.58. The second-order valence-electron chi connectivity index (χ2n) is 15.3. The molecule has 1 aromatic heterocycles. The van der Waals surface area contributed by atoms with E-state index in [4.69, 9.17) is 9.47 Å². The maximum Gasteiger partial charge on any atom is 0.304 e. The predicted molar refractivity (Wildman–Crippen MR) is 183 cm³/mol. The summed E-state index contributed by atoms with van der Waals surface area (Å²) in [6.07, 6.45) is 18.9. The summed E-state index contributed by atoms with van der Waals surface area (Å²) in [6, 6.07) is 1.77. The van der Waals surface area contributed by atoms with Crippen LogP contribution in [0.25, 0.3) is 0 Å². The van der Waals surface area contributed by atoms with E-state index >= 15 is 0 Å². The molecule has 2 fully saturated rings. The molecule has 1 saturated carbocycles. The number of H-pyrrole nitrogens is 1. The van der Waals surface area contributed by atoms with Crippen molar-refractivity contribution in [1.29, 1.82) is 0 Å². The first kappa shape index (κ1) is 38.3. The van der Waals surface area contributed by atoms with E-state index < -0.39 is 23.3 Å². The summed E-state index contributed by atoms with van der Waals surface area (Å²) < 4.78 is 12.0. The SMILES string of the molecule is CCCCCCCCCCCCC(CC)C(=O)NC1CCCC(C(CC(=O)O)c2[nH]ccc2C(=O)C2OC(C)(C)OCC2(C)C)C1. The minimum atomic E-state index is -0.893. The van der Waals surface area contributed by atoms with E-state index in [2.05, 4.69) is 24.1 Å². The van der Waals surface area contributed by atoms with Gasteiger partial charge in [0.25, 0.3) is 0 Å². The van der Waals surface area contributed by atoms with Gasteiger partial charge in [0.15, 0.2) is 11.6 Å². The number of hydrogen-bond acceptors (Lipinski definition) is 5. The molecule has 0 radical (unpaired) electrons. The Morgan fingerprint density at radius 1 is 0.978 bits per heavy atom. The van der Waals surface area contributed by atoms with Gasteiger partial charge in [0.2, 0.25) is 5.91 Å². The summed E-state index contributed by atoms with van der Waals surface area (Å²) in [5.74, 6) is -2.11. The molecule has 2 aliphatic rings. The maximum absolute atomic E-state index is 14.0. The zero-order valence-electron chi connectivity index (χ0n) is 29.8. The molecule has 1 aromatic rings. The Morgan fingerprint density at radius 3 is 2.26 bits per heavy atom. The fraction of sp³-hybridized carbons (Fsp3) is 0.816. The molecular weight excluding hydrogens is 580 g/mol. The van der Waals surface area contributed by atoms with Gasteiger partial charge in [-0.3, -0.25) is 14.4 Å². The number of amides is 1. The van der Waals surface area contributed by atoms with Crippen LogP contribution in [0, 0.1) is 17.3 Å². The highest BCUT2D eigenvalue weighted by atomic mass is 16.7. The molecule has 8 heteroatoms. The van der Waals surface area contributed by atoms with Crippen molar-refractivity contribution in [3.05, 3.63) is 23.5 Å². The standard InChI is InChI=1S/C38H64N2O6/c1-7-9-10-11-12-13-14-15-16-17-19-27(8-2)36(44)40-29-21-18-20-28(24-29)31(25-32(41)42)33-30(22-23-39-33)34(43)35-37(3,4)26-45-38(5,6)46-35/h22-23,27-29,31,35,39H,7-21,24-26H2,1-6H3,(H,40,44)(H,41,42). The van der Waals surface area contributed by atoms with Gasteiger partial charge in [-0.2, -0.15) is 0 Å². The Labute approximate surface area is 278 Å². The van der Waals surface area contributed by atoms with E-state index in [1.54, 1.807) is 12.3 Å². The molecule has 0 spiro atoms. The molecule has 3 N–H and O–H groups in total. The van der Waals surface area contributed by atoms with Gasteiger partial charge < -0.3 is 24.9 Å². The van der Waals surface area contributed by atoms with Crippen LogP contribution in [-0.2, 0) is 19.1 Å². The van der Waals surface area contributed by atoms with Gasteiger partial charge in [0.1, 0.15) is 6.10 Å². The van der Waals surface area contributed by atoms with E-state index in [-0.39, 0.29) is 41.9 Å². The van der Waals surface area contributed by atoms with Gasteiger partial charge in [0.05, 0.1) is 13.0 Å². The molecule has 1 saturated heterocycles. The van der Waals surface area contributed by atoms with E-state index in [1.165, 1.54) is 57.8 Å². The molecule has 3 rings (SSSR count). The number of carboxylic acid groups (broad SMARTS) is 1. The second kappa shape index (κ2) is 18.4. The molecule has 46 heavy (non-hydrogen) atoms. The molecule has 1 aliphatic heterocycles. The maximum atomic E-state index is 14.0. The average molecular weight is 645 g/mol. The van der Waals surface area contributed by atoms with E-state index in [1.807, 2.05) is 27.7 Å². The number of carboxylic acids is 1. The van der Waals surface area contributed by atoms with Gasteiger partial charge in [0, 0.05) is 40.7 Å². The first-order valence-electron chi connectivity index (χ1n) is 18.4. The van der Waals surface area contributed by atoms with Crippen LogP contribution in [0.1, 0.15) is 173 Å². The smallest absolute Gasteiger partial charge is 0.304 e. The summed E-state index contributed by atoms with van der Waals surface area (Å²) >= 11 is 0. The van der Waals surface area contributed by atoms with Crippen LogP contribution in [-0.4, -0.2) is 52.3 Å². The molecular formula is C38H64N2O6. The summed E-state index contributed by atoms with van der Waals surface area (Å²) in [5.41, 5.74) is 0.629. The Morgan fingerprint density at radius 2 is 1.63 bits per heavy atom. The number of Topliss-reactive ketones (excluding diaryl/α,β-unsaturated/α-hetero) is 1. The molecule has 262 valence electrons. The molecule has 8 nitrogen and oxygen atoms in total. The van der Waals surface area contributed by atoms with Crippen molar-refractivity contribution in [1.82, 2.24) is 10.3 Å². The number of aromatic nitrogens is 1. The number of nitrogens with one attached hydrogen (secondary N) is 2. The average Bonchev–Trinajstić information content (AvgIpc) is 3.49. The highest BCUT2D eigenvalue weighted by Crippen LogP contribution is 2.42. The van der Waals surface area contributed by atoms with Crippen molar-refractivity contribution >= 4 is 17.7 Å². The number of ether oxygens (including phenoxy) is 2. The molecule has 5 unspecified atom stereocenters. The lowest BCUT2D eigenvalue weighted by Crippen LogP contribution is -2.53. The predicted octanol–water partition coefficient (Wildman–Crippen LogP) is 8.95. The van der Waals surface area contributed by atoms with Gasteiger partial charge in [-0.05, 0) is 57.9 Å². The molecule has 2 heterocycles. The fourth-order valence-electron chi connectivity index (χ4n) is 7.50. The lowest BCUT2D eigenvalue weighted by atomic mass is 9.73. The number of hydrogen-bond donors (Lipinski definition) is 3. The number of aromatic amines is 1. The van der Waals surface area contributed by atoms with Crippen LogP contribution in [0.3, 0.4) is 0 Å². The Bertz CT molecular complexity index is 1090. The summed E-state index contributed by atoms with van der Waals surface area (Å²) in [4.78, 5) is 42.7. The van der Waals surface area contributed by atoms with Gasteiger partial charge in [-0.25, -0.2) is 0 Å². The van der Waals surface area contributed by atoms with Gasteiger partial charge in [-0.15, -0.1) is 0 Å². The molecule has 0 bridgehead atoms. The van der Waals surface area contributed by atoms with Crippen LogP contribution in [0.5, 0.6) is 0 Å². The number of ketones is 1. The Hall–Kier alpha value is -2.19. The lowest BCUT2D eigenvalue weighted by molar-refractivity contribution is -0.298. The van der Waals surface area contributed by atoms with Gasteiger partial charge >= 0.3 is 5.97 Å². The van der Waals surface area contributed by atoms with Crippen molar-refractivity contribution in [3.8, 4) is 0 Å². The highest BCUT2D eigenvalue weighted by Gasteiger charge is 2.47. The summed E-state index contributed by atoms with van der Waals surface area (Å²) in [6.45, 7) is 12.3. The molecule has 5 atom stereocenters. The van der Waals surface area contributed by atoms with Crippen molar-refractivity contribution in [3.63, 3.8) is 0 Å². The zero-order valence-corrected chi connectivity index (χ0v) is 29.8. The Kier molecular flexibility index (Phi) is 15.3. The van der Waals surface area contributed by atoms with Gasteiger partial charge in [-0.1, -0.05) is 98.3 Å². The number of rotatable bonds is 20. The van der Waals surface area contributed by atoms with Crippen LogP contribution in [0.2, 0.25) is 0 Å². The van der Waals surface area contributed by atoms with E-state index in [9.17, 15) is 19.5 Å². The number of carbonyl (C=O) groups excluding carboxylic acids is 2. The van der Waals surface area contributed by atoms with E-state index in [0.717, 1.165) is 38.5 Å². The van der Waals surface area contributed by atoms with Crippen LogP contribution < -0.4 is 5.32 Å². The normalized spacial score (nSPS) is 23.8. The molecule has 1 amide bonds. The summed E-state index contributed by atoms with van der Waals surface area (Å²) in [7, 11) is 0. The van der Waals surface area contributed by atoms with E-state index in [0.29, 0.717) is 24.3 Å². The number of unbranched alkanes of at least 4 members (excludes halogenated alkanes) is 9. The first-order chi connectivity index (χ1) is 21.9. The van der Waals surface area contributed by atoms with Crippen molar-refractivity contribution < 1.29 is 29.0 Å². The highest BCUT2D eigenvalue weighted by molar-refractivity contribution is 6.01. The third kappa shape index (κ3) is 11.5. The van der Waals surface area contributed by atoms with Crippen molar-refractivity contribution in [2.24, 2.45) is 17.3 Å². The minimum absolute atomic E-state index is 0.0111. The fourth-order valence-corrected chi connectivity index (χ4v) is 7.50. The monoisotopic (exact) mass is 644 g/mol. The van der Waals surface area contributed by atoms with Crippen LogP contribution in [0.15, 0.2) is 12.3 Å². The topological polar surface area (TPSA) is 118 Å². The van der Waals surface area contributed by atoms with Crippen LogP contribution in [0.4, 0.5) is 0 Å². The number of aliphatic carboxylic acids is 1. The zero-order chi connectivity index (χ0) is 33.7. The quantitative estimate of drug-likeness (QED) is 0.0964. The lowest BCUT2D eigenvalue weighted by Gasteiger charge is -2.45. The largest absolute Gasteiger partial charge is 0.481 e. The third-order valence-corrected chi connectivity index (χ3v) is 10.4. The minimum Gasteiger partial charge on any atom is -0.481 e. The third-order valence-electron chi connectivity index (χ3n) is 10.4. The first-order valence-corrected chi connectivity index (χ1v) is 18.4. The van der Waals surface area contributed by atoms with Crippen molar-refractivity contribution in [2.45, 2.75) is 175 Å². The van der Waals surface area contributed by atoms with Crippen LogP contribution >= 0.6 is 0 Å². The number of carbonyl (C=O) groups is 3. The molecule has 1 aliphatic carbocycles. The summed E-state index contributed by atoms with van der Waals surface area (Å²) in [5, 5.41) is 13.3. The molecule has 0 aromatic carbocycles. The second-order valence-corrected chi connectivity index (χ2v) is 15.3.